The fraction of sp³-hybridized carbons (Fsp3) is 0.642. The predicted molar refractivity (Wildman–Crippen MR) is 257 cm³/mol. The van der Waals surface area contributed by atoms with Crippen LogP contribution in [0.15, 0.2) is 109 Å². The van der Waals surface area contributed by atoms with Gasteiger partial charge in [0.15, 0.2) is 6.29 Å². The molecule has 0 aromatic heterocycles. The van der Waals surface area contributed by atoms with E-state index in [9.17, 15) is 30.3 Å². The van der Waals surface area contributed by atoms with Crippen LogP contribution in [0.3, 0.4) is 0 Å². The molecule has 7 unspecified atom stereocenters. The molecule has 6 N–H and O–H groups in total. The molecule has 0 radical (unpaired) electrons. The molecule has 0 aliphatic carbocycles. The lowest BCUT2D eigenvalue weighted by molar-refractivity contribution is -0.302. The molecule has 352 valence electrons. The van der Waals surface area contributed by atoms with Gasteiger partial charge in [-0.25, -0.2) is 0 Å². The Hall–Kier alpha value is -3.15. The first-order valence-corrected chi connectivity index (χ1v) is 24.1. The minimum absolute atomic E-state index is 0.203. The molecule has 1 aliphatic rings. The molecule has 1 aliphatic heterocycles. The van der Waals surface area contributed by atoms with Crippen molar-refractivity contribution < 1.29 is 39.8 Å². The molecule has 1 amide bonds. The van der Waals surface area contributed by atoms with Crippen molar-refractivity contribution in [1.82, 2.24) is 5.32 Å². The summed E-state index contributed by atoms with van der Waals surface area (Å²) < 4.78 is 11.2. The first-order valence-electron chi connectivity index (χ1n) is 24.1. The van der Waals surface area contributed by atoms with Crippen LogP contribution in [-0.4, -0.2) is 87.5 Å². The van der Waals surface area contributed by atoms with E-state index in [1.807, 2.05) is 18.2 Å². The van der Waals surface area contributed by atoms with Gasteiger partial charge in [-0.05, 0) is 83.5 Å². The van der Waals surface area contributed by atoms with Crippen LogP contribution >= 0.6 is 0 Å². The molecule has 0 aromatic carbocycles. The molecule has 1 rings (SSSR count). The number of amides is 1. The molecule has 7 atom stereocenters. The van der Waals surface area contributed by atoms with E-state index in [1.54, 1.807) is 6.08 Å². The summed E-state index contributed by atoms with van der Waals surface area (Å²) in [7, 11) is 0. The first-order chi connectivity index (χ1) is 30.3. The van der Waals surface area contributed by atoms with E-state index in [0.29, 0.717) is 12.8 Å². The summed E-state index contributed by atoms with van der Waals surface area (Å²) in [5.74, 6) is -0.278. The van der Waals surface area contributed by atoms with Crippen LogP contribution in [0.5, 0.6) is 0 Å². The lowest BCUT2D eigenvalue weighted by atomic mass is 9.99. The third-order valence-corrected chi connectivity index (χ3v) is 10.6. The third-order valence-electron chi connectivity index (χ3n) is 10.6. The third kappa shape index (κ3) is 31.7. The SMILES string of the molecule is CC/C=C\C/C=C\C/C=C\C/C=C\C/C=C\C/C=C\CCC(=O)NC(COC1OC(CO)C(O)C(O)C1O)C(O)/C=C/CC/C=C/CC/C=C/CCCCCCCCCCCC. The second kappa shape index (κ2) is 41.8. The van der Waals surface area contributed by atoms with Crippen molar-refractivity contribution in [3.63, 3.8) is 0 Å². The maximum absolute atomic E-state index is 12.9. The van der Waals surface area contributed by atoms with E-state index in [2.05, 4.69) is 104 Å². The van der Waals surface area contributed by atoms with Crippen molar-refractivity contribution >= 4 is 5.91 Å². The summed E-state index contributed by atoms with van der Waals surface area (Å²) in [6.07, 6.45) is 54.3. The Labute approximate surface area is 376 Å². The highest BCUT2D eigenvalue weighted by molar-refractivity contribution is 5.76. The molecule has 1 heterocycles. The quantitative estimate of drug-likeness (QED) is 0.0265. The summed E-state index contributed by atoms with van der Waals surface area (Å²) >= 11 is 0. The second-order valence-electron chi connectivity index (χ2n) is 16.1. The van der Waals surface area contributed by atoms with Crippen LogP contribution in [-0.2, 0) is 14.3 Å². The highest BCUT2D eigenvalue weighted by atomic mass is 16.7. The van der Waals surface area contributed by atoms with E-state index >= 15 is 0 Å². The zero-order chi connectivity index (χ0) is 45.1. The van der Waals surface area contributed by atoms with Crippen LogP contribution < -0.4 is 5.32 Å². The van der Waals surface area contributed by atoms with Gasteiger partial charge in [-0.3, -0.25) is 4.79 Å². The fourth-order valence-corrected chi connectivity index (χ4v) is 6.74. The van der Waals surface area contributed by atoms with Crippen LogP contribution in [0.25, 0.3) is 0 Å². The molecular weight excluding hydrogens is 779 g/mol. The van der Waals surface area contributed by atoms with Gasteiger partial charge < -0.3 is 40.3 Å². The number of hydrogen-bond donors (Lipinski definition) is 6. The minimum atomic E-state index is -1.59. The van der Waals surface area contributed by atoms with Gasteiger partial charge in [0.05, 0.1) is 25.4 Å². The van der Waals surface area contributed by atoms with Crippen LogP contribution in [0, 0.1) is 0 Å². The normalized spacial score (nSPS) is 21.3. The first kappa shape index (κ1) is 56.9. The minimum Gasteiger partial charge on any atom is -0.394 e. The number of allylic oxidation sites excluding steroid dienone is 17. The maximum Gasteiger partial charge on any atom is 0.220 e. The summed E-state index contributed by atoms with van der Waals surface area (Å²) in [5.41, 5.74) is 0. The second-order valence-corrected chi connectivity index (χ2v) is 16.1. The topological polar surface area (TPSA) is 149 Å². The number of carbonyl (C=O) groups is 1. The summed E-state index contributed by atoms with van der Waals surface area (Å²) in [6.45, 7) is 3.57. The van der Waals surface area contributed by atoms with E-state index in [4.69, 9.17) is 9.47 Å². The molecule has 0 aromatic rings. The number of nitrogens with one attached hydrogen (secondary N) is 1. The standard InChI is InChI=1S/C53H87NO8/c1-3-5-7-9-11-13-15-17-19-21-23-25-26-28-30-32-34-36-38-40-42-47(56)46(45-61-53-52(60)51(59)50(58)48(44-55)62-53)54-49(57)43-41-39-37-35-33-31-29-27-24-22-20-18-16-14-12-10-8-6-4-2/h6,8,12,14,18,20,24-27,31-34,37,39-40,42,46-48,50-53,55-56,58-60H,3-5,7,9-11,13,15-17,19,21-23,28-30,35-36,38,41,43-45H2,1-2H3,(H,54,57)/b8-6-,14-12-,20-18-,26-25+,27-24-,33-31-,34-32+,39-37-,42-40+. The lowest BCUT2D eigenvalue weighted by Gasteiger charge is -2.40. The van der Waals surface area contributed by atoms with Gasteiger partial charge in [0, 0.05) is 6.42 Å². The number of aliphatic hydroxyl groups excluding tert-OH is 5. The molecule has 0 saturated carbocycles. The Morgan fingerprint density at radius 3 is 1.53 bits per heavy atom. The zero-order valence-electron chi connectivity index (χ0n) is 38.6. The van der Waals surface area contributed by atoms with Crippen LogP contribution in [0.4, 0.5) is 0 Å². The number of rotatable bonds is 38. The summed E-state index contributed by atoms with van der Waals surface area (Å²) in [5, 5.41) is 54.2. The molecule has 62 heavy (non-hydrogen) atoms. The van der Waals surface area contributed by atoms with Gasteiger partial charge in [-0.1, -0.05) is 181 Å². The molecular formula is C53H87NO8. The van der Waals surface area contributed by atoms with Crippen LogP contribution in [0.1, 0.15) is 162 Å². The molecule has 1 saturated heterocycles. The van der Waals surface area contributed by atoms with Crippen molar-refractivity contribution in [2.45, 2.75) is 204 Å². The van der Waals surface area contributed by atoms with Crippen molar-refractivity contribution in [3.05, 3.63) is 109 Å². The van der Waals surface area contributed by atoms with Gasteiger partial charge in [0.1, 0.15) is 24.4 Å². The Kier molecular flexibility index (Phi) is 38.4. The Balaban J connectivity index is 2.45. The molecule has 9 nitrogen and oxygen atoms in total. The van der Waals surface area contributed by atoms with Crippen LogP contribution in [0.2, 0.25) is 0 Å². The summed E-state index contributed by atoms with van der Waals surface area (Å²) in [4.78, 5) is 12.9. The van der Waals surface area contributed by atoms with Gasteiger partial charge in [-0.2, -0.15) is 0 Å². The smallest absolute Gasteiger partial charge is 0.220 e. The maximum atomic E-state index is 12.9. The monoisotopic (exact) mass is 866 g/mol. The van der Waals surface area contributed by atoms with Crippen molar-refractivity contribution in [2.75, 3.05) is 13.2 Å². The van der Waals surface area contributed by atoms with E-state index in [0.717, 1.165) is 64.2 Å². The fourth-order valence-electron chi connectivity index (χ4n) is 6.74. The van der Waals surface area contributed by atoms with Gasteiger partial charge in [0.25, 0.3) is 0 Å². The Morgan fingerprint density at radius 2 is 1.02 bits per heavy atom. The number of ether oxygens (including phenoxy) is 2. The molecule has 0 bridgehead atoms. The average molecular weight is 866 g/mol. The number of hydrogen-bond acceptors (Lipinski definition) is 8. The van der Waals surface area contributed by atoms with E-state index < -0.39 is 49.5 Å². The zero-order valence-corrected chi connectivity index (χ0v) is 38.6. The largest absolute Gasteiger partial charge is 0.394 e. The van der Waals surface area contributed by atoms with Crippen molar-refractivity contribution in [3.8, 4) is 0 Å². The number of carbonyl (C=O) groups excluding carboxylic acids is 1. The van der Waals surface area contributed by atoms with Crippen molar-refractivity contribution in [1.29, 1.82) is 0 Å². The highest BCUT2D eigenvalue weighted by Gasteiger charge is 2.44. The lowest BCUT2D eigenvalue weighted by Crippen LogP contribution is -2.60. The highest BCUT2D eigenvalue weighted by Crippen LogP contribution is 2.22. The molecule has 9 heteroatoms. The summed E-state index contributed by atoms with van der Waals surface area (Å²) in [6, 6.07) is -0.876. The van der Waals surface area contributed by atoms with E-state index in [1.165, 1.54) is 64.2 Å². The number of unbranched alkanes of at least 4 members (excludes halogenated alkanes) is 12. The van der Waals surface area contributed by atoms with Gasteiger partial charge in [-0.15, -0.1) is 0 Å². The Bertz CT molecular complexity index is 1330. The molecule has 0 spiro atoms. The van der Waals surface area contributed by atoms with Gasteiger partial charge >= 0.3 is 0 Å². The van der Waals surface area contributed by atoms with E-state index in [-0.39, 0.29) is 18.9 Å². The Morgan fingerprint density at radius 1 is 0.565 bits per heavy atom. The number of aliphatic hydroxyl groups is 5. The molecule has 1 fully saturated rings. The van der Waals surface area contributed by atoms with Gasteiger partial charge in [0.2, 0.25) is 5.91 Å². The van der Waals surface area contributed by atoms with Crippen molar-refractivity contribution in [2.24, 2.45) is 0 Å². The predicted octanol–water partition coefficient (Wildman–Crippen LogP) is 10.7. The average Bonchev–Trinajstić information content (AvgIpc) is 3.27.